The fourth-order valence-electron chi connectivity index (χ4n) is 15.0. The van der Waals surface area contributed by atoms with Gasteiger partial charge in [0.05, 0.1) is 34.2 Å². The molecule has 7 bridgehead atoms. The van der Waals surface area contributed by atoms with E-state index in [1.165, 1.54) is 17.1 Å². The Bertz CT molecular complexity index is 2280. The highest BCUT2D eigenvalue weighted by Gasteiger charge is 2.69. The molecule has 9 atom stereocenters. The molecule has 2 amide bonds. The van der Waals surface area contributed by atoms with Gasteiger partial charge in [-0.3, -0.25) is 14.5 Å². The average molecular weight is 999 g/mol. The zero-order valence-electron chi connectivity index (χ0n) is 41.1. The molecule has 0 aromatic carbocycles. The van der Waals surface area contributed by atoms with Gasteiger partial charge in [0.2, 0.25) is 0 Å². The molecule has 11 aliphatic rings. The summed E-state index contributed by atoms with van der Waals surface area (Å²) in [5.74, 6) is 1.50. The van der Waals surface area contributed by atoms with Gasteiger partial charge in [-0.1, -0.05) is 60.3 Å². The number of esters is 2. The molecule has 15 heteroatoms. The monoisotopic (exact) mass is 998 g/mol. The summed E-state index contributed by atoms with van der Waals surface area (Å²) in [5, 5.41) is 41.2. The number of cyclic esters (lactones) is 1. The third kappa shape index (κ3) is 9.35. The number of nitrogens with one attached hydrogen (secondary N) is 3. The Morgan fingerprint density at radius 3 is 2.47 bits per heavy atom. The maximum absolute atomic E-state index is 15.3. The Labute approximate surface area is 421 Å². The fraction of sp³-hybridized carbons (Fsp3) is 0.673. The molecule has 6 N–H and O–H groups in total. The lowest BCUT2D eigenvalue weighted by Gasteiger charge is -2.57. The molecule has 4 fully saturated rings. The second kappa shape index (κ2) is 21.1. The third-order valence-corrected chi connectivity index (χ3v) is 20.9. The van der Waals surface area contributed by atoms with Crippen LogP contribution in [0.5, 0.6) is 0 Å². The summed E-state index contributed by atoms with van der Waals surface area (Å²) in [7, 11) is 3.49. The molecule has 0 aromatic rings. The van der Waals surface area contributed by atoms with Gasteiger partial charge >= 0.3 is 11.9 Å². The van der Waals surface area contributed by atoms with Crippen LogP contribution in [-0.2, 0) is 28.7 Å². The van der Waals surface area contributed by atoms with E-state index in [1.807, 2.05) is 0 Å². The largest absolute Gasteiger partial charge is 0.427 e. The number of nitrogens with zero attached hydrogens (tertiary/aromatic N) is 1. The predicted molar refractivity (Wildman–Crippen MR) is 270 cm³/mol. The van der Waals surface area contributed by atoms with Crippen molar-refractivity contribution in [2.75, 3.05) is 38.7 Å². The number of amides is 2. The molecule has 9 unspecified atom stereocenters. The van der Waals surface area contributed by atoms with E-state index in [0.29, 0.717) is 79.1 Å². The molecule has 0 aromatic heterocycles. The van der Waals surface area contributed by atoms with Crippen molar-refractivity contribution in [2.24, 2.45) is 58.2 Å². The standard InChI is InChI=1S/C55H74N4O9S2/c1-3-54(20-4-5-21-54)27-42-40-13-12-39-38-18-22-55(49(39)48(40)52(65)67-42)43-15-14-37(35-10-8-33(9-11-35)25-34(30-61)7-6-24-60)51(57-28-32(2)62)70-69-31-58-44-26-36(19-23-56-44)41(47(38)50(55)53(66)68-43)29-59-45(63)16-17-46(59)64/h15-17,19,26-27,32-35,37-39,41,49,51,56-58,60-62H,3-14,18,20-25,28-31H2,1-2H3. The van der Waals surface area contributed by atoms with Gasteiger partial charge in [-0.15, -0.1) is 0 Å². The van der Waals surface area contributed by atoms with Crippen molar-refractivity contribution in [1.82, 2.24) is 20.9 Å². The molecular weight excluding hydrogens is 925 g/mol. The number of rotatable bonds is 14. The van der Waals surface area contributed by atoms with E-state index in [4.69, 9.17) is 9.47 Å². The van der Waals surface area contributed by atoms with Gasteiger partial charge in [0.1, 0.15) is 11.5 Å². The predicted octanol–water partition coefficient (Wildman–Crippen LogP) is 7.60. The number of carbonyl (C=O) groups excluding carboxylic acids is 4. The minimum atomic E-state index is -0.956. The van der Waals surface area contributed by atoms with E-state index >= 15 is 4.79 Å². The summed E-state index contributed by atoms with van der Waals surface area (Å²) in [6.07, 6.45) is 26.3. The summed E-state index contributed by atoms with van der Waals surface area (Å²) in [4.78, 5) is 58.2. The molecule has 11 rings (SSSR count). The molecule has 5 aliphatic heterocycles. The third-order valence-electron chi connectivity index (χ3n) is 18.4. The van der Waals surface area contributed by atoms with Crippen LogP contribution in [0.25, 0.3) is 0 Å². The second-order valence-electron chi connectivity index (χ2n) is 22.2. The number of imide groups is 1. The molecule has 13 nitrogen and oxygen atoms in total. The first-order chi connectivity index (χ1) is 34.0. The average Bonchev–Trinajstić information content (AvgIpc) is 4.13. The number of fused-ring (bicyclic) bond motifs is 2. The maximum Gasteiger partial charge on any atom is 0.340 e. The lowest BCUT2D eigenvalue weighted by molar-refractivity contribution is -0.138. The highest BCUT2D eigenvalue weighted by molar-refractivity contribution is 8.76. The van der Waals surface area contributed by atoms with Crippen LogP contribution in [-0.4, -0.2) is 94.2 Å². The van der Waals surface area contributed by atoms with Crippen LogP contribution in [0.3, 0.4) is 0 Å². The number of carbonyl (C=O) groups is 4. The molecule has 6 aliphatic carbocycles. The van der Waals surface area contributed by atoms with Crippen LogP contribution in [0.4, 0.5) is 0 Å². The van der Waals surface area contributed by atoms with Crippen LogP contribution >= 0.6 is 21.6 Å². The highest BCUT2D eigenvalue weighted by Crippen LogP contribution is 2.72. The number of hydrogen-bond donors (Lipinski definition) is 6. The molecule has 5 heterocycles. The van der Waals surface area contributed by atoms with Crippen LogP contribution < -0.4 is 16.0 Å². The van der Waals surface area contributed by atoms with E-state index in [0.717, 1.165) is 106 Å². The quantitative estimate of drug-likeness (QED) is 0.0568. The summed E-state index contributed by atoms with van der Waals surface area (Å²) < 4.78 is 13.2. The minimum absolute atomic E-state index is 0.00328. The van der Waals surface area contributed by atoms with Gasteiger partial charge in [-0.05, 0) is 161 Å². The van der Waals surface area contributed by atoms with Gasteiger partial charge in [0.25, 0.3) is 11.8 Å². The summed E-state index contributed by atoms with van der Waals surface area (Å²) >= 11 is 0. The fourth-order valence-corrected chi connectivity index (χ4v) is 17.5. The number of aliphatic hydroxyl groups is 3. The van der Waals surface area contributed by atoms with E-state index < -0.39 is 23.4 Å². The van der Waals surface area contributed by atoms with E-state index in [9.17, 15) is 29.7 Å². The molecule has 70 heavy (non-hydrogen) atoms. The van der Waals surface area contributed by atoms with Crippen LogP contribution in [0, 0.1) is 58.2 Å². The second-order valence-corrected chi connectivity index (χ2v) is 24.7. The lowest BCUT2D eigenvalue weighted by atomic mass is 9.43. The van der Waals surface area contributed by atoms with Crippen molar-refractivity contribution >= 4 is 45.3 Å². The van der Waals surface area contributed by atoms with E-state index in [2.05, 4.69) is 47.2 Å². The molecule has 1 spiro atoms. The normalized spacial score (nSPS) is 35.2. The van der Waals surface area contributed by atoms with E-state index in [1.54, 1.807) is 28.5 Å². The number of hydrogen-bond acceptors (Lipinski definition) is 14. The molecule has 380 valence electrons. The van der Waals surface area contributed by atoms with Gasteiger partial charge in [0.15, 0.2) is 0 Å². The zero-order valence-corrected chi connectivity index (χ0v) is 42.7. The number of allylic oxidation sites excluding steroid dienone is 5. The Morgan fingerprint density at radius 2 is 1.74 bits per heavy atom. The zero-order chi connectivity index (χ0) is 48.7. The topological polar surface area (TPSA) is 187 Å². The number of ether oxygens (including phenoxy) is 2. The van der Waals surface area contributed by atoms with Crippen molar-refractivity contribution in [2.45, 2.75) is 134 Å². The Balaban J connectivity index is 1.11. The van der Waals surface area contributed by atoms with Crippen molar-refractivity contribution in [3.63, 3.8) is 0 Å². The Morgan fingerprint density at radius 1 is 0.957 bits per heavy atom. The summed E-state index contributed by atoms with van der Waals surface area (Å²) in [5.41, 5.74) is 3.23. The van der Waals surface area contributed by atoms with Gasteiger partial charge in [-0.25, -0.2) is 9.59 Å². The van der Waals surface area contributed by atoms with Crippen LogP contribution in [0.1, 0.15) is 123 Å². The van der Waals surface area contributed by atoms with Crippen LogP contribution in [0.2, 0.25) is 0 Å². The first-order valence-corrected chi connectivity index (χ1v) is 29.1. The smallest absolute Gasteiger partial charge is 0.340 e. The molecule has 0 radical (unpaired) electrons. The molecule has 1 saturated heterocycles. The lowest BCUT2D eigenvalue weighted by Crippen LogP contribution is -2.54. The van der Waals surface area contributed by atoms with Crippen LogP contribution in [0.15, 0.2) is 81.7 Å². The Kier molecular flexibility index (Phi) is 15.1. The van der Waals surface area contributed by atoms with Crippen molar-refractivity contribution in [3.05, 3.63) is 81.7 Å². The SMILES string of the molecule is CCC1(C=C2OC(=O)C3=C2CCC2C4CCC5(C6=CCC(C7CCC(CC(CO)CCCO)CC7)C(NCC(C)O)SSCNC7=CC(=CCN7)C(CN7C(=O)C=CC7=O)C4=C5C(=O)O6)C32)CCCC1. The molecule has 3 saturated carbocycles. The number of aliphatic hydroxyl groups excluding tert-OH is 3. The molecular formula is C55H74N4O9S2. The Hall–Kier alpha value is -3.60. The van der Waals surface area contributed by atoms with Crippen molar-refractivity contribution in [1.29, 1.82) is 0 Å². The van der Waals surface area contributed by atoms with Gasteiger partial charge in [0, 0.05) is 68.0 Å². The summed E-state index contributed by atoms with van der Waals surface area (Å²) in [6.45, 7) is 5.34. The van der Waals surface area contributed by atoms with E-state index in [-0.39, 0.29) is 77.9 Å². The first kappa shape index (κ1) is 50.0. The van der Waals surface area contributed by atoms with Crippen molar-refractivity contribution < 1.29 is 44.0 Å². The highest BCUT2D eigenvalue weighted by atomic mass is 33.1. The minimum Gasteiger partial charge on any atom is -0.427 e. The number of dihydropyridines is 1. The first-order valence-electron chi connectivity index (χ1n) is 26.7. The van der Waals surface area contributed by atoms with Crippen molar-refractivity contribution in [3.8, 4) is 0 Å². The van der Waals surface area contributed by atoms with Gasteiger partial charge in [-0.2, -0.15) is 0 Å². The maximum atomic E-state index is 15.3. The van der Waals surface area contributed by atoms with Gasteiger partial charge < -0.3 is 40.7 Å². The summed E-state index contributed by atoms with van der Waals surface area (Å²) in [6, 6.07) is 0.